The lowest BCUT2D eigenvalue weighted by atomic mass is 9.64. The molecule has 0 radical (unpaired) electrons. The number of terminal acetylenes is 1. The molecule has 1 aromatic carbocycles. The molecule has 0 saturated heterocycles. The number of benzene rings is 1. The Bertz CT molecular complexity index is 1060. The van der Waals surface area contributed by atoms with Crippen molar-refractivity contribution in [3.63, 3.8) is 0 Å². The van der Waals surface area contributed by atoms with Gasteiger partial charge in [0.1, 0.15) is 11.8 Å². The van der Waals surface area contributed by atoms with Gasteiger partial charge in [-0.2, -0.15) is 18.4 Å². The predicted octanol–water partition coefficient (Wildman–Crippen LogP) is 6.04. The van der Waals surface area contributed by atoms with Crippen molar-refractivity contribution in [3.05, 3.63) is 35.0 Å². The Morgan fingerprint density at radius 1 is 1.30 bits per heavy atom. The first-order valence-electron chi connectivity index (χ1n) is 11.4. The van der Waals surface area contributed by atoms with Gasteiger partial charge in [-0.25, -0.2) is 0 Å². The van der Waals surface area contributed by atoms with E-state index in [0.717, 1.165) is 50.1 Å². The van der Waals surface area contributed by atoms with E-state index in [1.807, 2.05) is 13.0 Å². The van der Waals surface area contributed by atoms with Gasteiger partial charge in [-0.1, -0.05) is 32.8 Å². The van der Waals surface area contributed by atoms with Crippen molar-refractivity contribution in [2.45, 2.75) is 85.0 Å². The standard InChI is InChI=1S/C23H27N3O.C3H5F3/c1-5-17-8-9-21-20(16(17)4)12-19(15-24)26(21)11-10-23(7-3)13-18(14-23)25-22(27)6-2;1-2-3(4,5)6/h3,8-9,12,18H,5-6,10-11,13-14H2,1-2,4H3,(H,25,27);2H2,1H3. The molecule has 3 rings (SSSR count). The van der Waals surface area contributed by atoms with E-state index in [-0.39, 0.29) is 17.4 Å². The molecule has 1 heterocycles. The SMILES string of the molecule is C#CC1(CCn2c(C#N)cc3c(C)c(CC)ccc32)CC(NC(=O)CC)C1.CCC(F)(F)F. The van der Waals surface area contributed by atoms with Crippen molar-refractivity contribution >= 4 is 16.8 Å². The van der Waals surface area contributed by atoms with E-state index in [0.29, 0.717) is 12.1 Å². The number of carbonyl (C=O) groups is 1. The molecule has 7 heteroatoms. The summed E-state index contributed by atoms with van der Waals surface area (Å²) in [6.07, 6.45) is 5.08. The van der Waals surface area contributed by atoms with Crippen LogP contribution in [-0.2, 0) is 17.8 Å². The molecule has 1 saturated carbocycles. The zero-order valence-corrected chi connectivity index (χ0v) is 19.8. The number of nitrogens with zero attached hydrogens (tertiary/aromatic N) is 2. The van der Waals surface area contributed by atoms with Crippen LogP contribution >= 0.6 is 0 Å². The number of aromatic nitrogens is 1. The van der Waals surface area contributed by atoms with Crippen LogP contribution in [0.15, 0.2) is 18.2 Å². The summed E-state index contributed by atoms with van der Waals surface area (Å²) in [6.45, 7) is 7.94. The minimum Gasteiger partial charge on any atom is -0.353 e. The maximum Gasteiger partial charge on any atom is 0.388 e. The molecule has 0 spiro atoms. The zero-order valence-electron chi connectivity index (χ0n) is 19.8. The quantitative estimate of drug-likeness (QED) is 0.536. The van der Waals surface area contributed by atoms with Gasteiger partial charge in [-0.3, -0.25) is 4.79 Å². The lowest BCUT2D eigenvalue weighted by Gasteiger charge is -2.44. The molecular formula is C26H32F3N3O. The first-order valence-corrected chi connectivity index (χ1v) is 11.4. The molecule has 1 aliphatic rings. The number of hydrogen-bond acceptors (Lipinski definition) is 2. The van der Waals surface area contributed by atoms with Crippen molar-refractivity contribution in [3.8, 4) is 18.4 Å². The smallest absolute Gasteiger partial charge is 0.353 e. The molecule has 178 valence electrons. The highest BCUT2D eigenvalue weighted by molar-refractivity contribution is 5.86. The van der Waals surface area contributed by atoms with E-state index >= 15 is 0 Å². The fourth-order valence-corrected chi connectivity index (χ4v) is 4.27. The van der Waals surface area contributed by atoms with Gasteiger partial charge in [0, 0.05) is 41.7 Å². The molecule has 4 nitrogen and oxygen atoms in total. The van der Waals surface area contributed by atoms with Crippen LogP contribution in [-0.4, -0.2) is 22.7 Å². The fourth-order valence-electron chi connectivity index (χ4n) is 4.27. The second kappa shape index (κ2) is 10.8. The Labute approximate surface area is 194 Å². The van der Waals surface area contributed by atoms with Crippen molar-refractivity contribution < 1.29 is 18.0 Å². The number of halogens is 3. The molecule has 0 atom stereocenters. The molecule has 1 fully saturated rings. The average molecular weight is 460 g/mol. The van der Waals surface area contributed by atoms with Crippen LogP contribution in [0, 0.1) is 36.0 Å². The molecular weight excluding hydrogens is 427 g/mol. The number of amides is 1. The number of fused-ring (bicyclic) bond motifs is 1. The number of rotatable bonds is 6. The number of nitriles is 1. The van der Waals surface area contributed by atoms with Crippen molar-refractivity contribution in [1.82, 2.24) is 9.88 Å². The third-order valence-electron chi connectivity index (χ3n) is 6.44. The monoisotopic (exact) mass is 459 g/mol. The highest BCUT2D eigenvalue weighted by Gasteiger charge is 2.43. The first kappa shape index (κ1) is 26.3. The van der Waals surface area contributed by atoms with Crippen LogP contribution in [0.5, 0.6) is 0 Å². The second-order valence-corrected chi connectivity index (χ2v) is 8.60. The Balaban J connectivity index is 0.000000569. The van der Waals surface area contributed by atoms with Gasteiger partial charge in [-0.15, -0.1) is 6.42 Å². The summed E-state index contributed by atoms with van der Waals surface area (Å²) >= 11 is 0. The summed E-state index contributed by atoms with van der Waals surface area (Å²) in [7, 11) is 0. The molecule has 1 N–H and O–H groups in total. The van der Waals surface area contributed by atoms with E-state index in [4.69, 9.17) is 6.42 Å². The third-order valence-corrected chi connectivity index (χ3v) is 6.44. The molecule has 1 aliphatic carbocycles. The summed E-state index contributed by atoms with van der Waals surface area (Å²) in [5.41, 5.74) is 4.17. The number of aryl methyl sites for hydroxylation is 3. The Morgan fingerprint density at radius 2 is 1.94 bits per heavy atom. The molecule has 0 aliphatic heterocycles. The van der Waals surface area contributed by atoms with E-state index in [9.17, 15) is 23.2 Å². The molecule has 0 bridgehead atoms. The zero-order chi connectivity index (χ0) is 24.8. The summed E-state index contributed by atoms with van der Waals surface area (Å²) in [5.74, 6) is 3.05. The second-order valence-electron chi connectivity index (χ2n) is 8.60. The average Bonchev–Trinajstić information content (AvgIpc) is 3.13. The van der Waals surface area contributed by atoms with Crippen molar-refractivity contribution in [2.75, 3.05) is 0 Å². The topological polar surface area (TPSA) is 57.8 Å². The fraction of sp³-hybridized carbons (Fsp3) is 0.538. The summed E-state index contributed by atoms with van der Waals surface area (Å²) < 4.78 is 34.5. The van der Waals surface area contributed by atoms with Gasteiger partial charge in [0.25, 0.3) is 0 Å². The van der Waals surface area contributed by atoms with Crippen LogP contribution < -0.4 is 5.32 Å². The largest absolute Gasteiger partial charge is 0.388 e. The normalized spacial score (nSPS) is 19.6. The lowest BCUT2D eigenvalue weighted by Crippen LogP contribution is -2.50. The third kappa shape index (κ3) is 6.32. The van der Waals surface area contributed by atoms with Gasteiger partial charge in [0.15, 0.2) is 0 Å². The molecule has 1 amide bonds. The highest BCUT2D eigenvalue weighted by atomic mass is 19.4. The van der Waals surface area contributed by atoms with Gasteiger partial charge < -0.3 is 9.88 Å². The number of alkyl halides is 3. The highest BCUT2D eigenvalue weighted by Crippen LogP contribution is 2.44. The molecule has 0 unspecified atom stereocenters. The van der Waals surface area contributed by atoms with Crippen LogP contribution in [0.4, 0.5) is 13.2 Å². The molecule has 33 heavy (non-hydrogen) atoms. The number of carbonyl (C=O) groups excluding carboxylic acids is 1. The summed E-state index contributed by atoms with van der Waals surface area (Å²) in [6, 6.07) is 8.79. The maximum atomic E-state index is 11.6. The Morgan fingerprint density at radius 3 is 2.42 bits per heavy atom. The minimum absolute atomic E-state index is 0.0796. The van der Waals surface area contributed by atoms with Crippen molar-refractivity contribution in [2.24, 2.45) is 5.41 Å². The van der Waals surface area contributed by atoms with Crippen LogP contribution in [0.1, 0.15) is 69.7 Å². The molecule has 1 aromatic heterocycles. The Hall–Kier alpha value is -2.93. The van der Waals surface area contributed by atoms with Gasteiger partial charge in [0.05, 0.1) is 0 Å². The van der Waals surface area contributed by atoms with Crippen molar-refractivity contribution in [1.29, 1.82) is 5.26 Å². The van der Waals surface area contributed by atoms with Gasteiger partial charge in [-0.05, 0) is 55.9 Å². The first-order chi connectivity index (χ1) is 15.5. The summed E-state index contributed by atoms with van der Waals surface area (Å²) in [5, 5.41) is 13.8. The van der Waals surface area contributed by atoms with Gasteiger partial charge >= 0.3 is 6.18 Å². The van der Waals surface area contributed by atoms with Crippen LogP contribution in [0.3, 0.4) is 0 Å². The van der Waals surface area contributed by atoms with E-state index in [2.05, 4.69) is 47.9 Å². The van der Waals surface area contributed by atoms with E-state index in [1.54, 1.807) is 0 Å². The van der Waals surface area contributed by atoms with Gasteiger partial charge in [0.2, 0.25) is 5.91 Å². The van der Waals surface area contributed by atoms with Crippen LogP contribution in [0.25, 0.3) is 10.9 Å². The van der Waals surface area contributed by atoms with E-state index < -0.39 is 12.6 Å². The van der Waals surface area contributed by atoms with Crippen LogP contribution in [0.2, 0.25) is 0 Å². The minimum atomic E-state index is -3.96. The maximum absolute atomic E-state index is 11.6. The lowest BCUT2D eigenvalue weighted by molar-refractivity contribution is -0.130. The number of nitrogens with one attached hydrogen (secondary N) is 1. The Kier molecular flexibility index (Phi) is 8.61. The summed E-state index contributed by atoms with van der Waals surface area (Å²) in [4.78, 5) is 11.6. The molecule has 2 aromatic rings. The number of hydrogen-bond donors (Lipinski definition) is 1. The predicted molar refractivity (Wildman–Crippen MR) is 124 cm³/mol. The van der Waals surface area contributed by atoms with E-state index in [1.165, 1.54) is 11.1 Å².